The molecular weight excluding hydrogens is 528 g/mol. The van der Waals surface area contributed by atoms with Gasteiger partial charge in [0.2, 0.25) is 0 Å². The van der Waals surface area contributed by atoms with Gasteiger partial charge in [-0.3, -0.25) is 0 Å². The third-order valence-electron chi connectivity index (χ3n) is 10.8. The summed E-state index contributed by atoms with van der Waals surface area (Å²) in [5.74, 6) is 12.4. The number of hydrogen-bond donors (Lipinski definition) is 0. The van der Waals surface area contributed by atoms with Crippen molar-refractivity contribution in [2.24, 2.45) is 29.6 Å². The van der Waals surface area contributed by atoms with Crippen molar-refractivity contribution in [3.63, 3.8) is 0 Å². The van der Waals surface area contributed by atoms with E-state index in [2.05, 4.69) is 126 Å². The van der Waals surface area contributed by atoms with Crippen molar-refractivity contribution in [3.05, 3.63) is 106 Å². The highest BCUT2D eigenvalue weighted by atomic mass is 14.3. The number of aryl methyl sites for hydroxylation is 3. The summed E-state index contributed by atoms with van der Waals surface area (Å²) < 4.78 is 0. The maximum atomic E-state index is 3.16. The van der Waals surface area contributed by atoms with Crippen molar-refractivity contribution in [1.82, 2.24) is 0 Å². The van der Waals surface area contributed by atoms with Gasteiger partial charge in [0.05, 0.1) is 0 Å². The van der Waals surface area contributed by atoms with Crippen molar-refractivity contribution in [2.45, 2.75) is 125 Å². The minimum absolute atomic E-state index is 0.840. The smallest absolute Gasteiger partial charge is 0.0249 e. The summed E-state index contributed by atoms with van der Waals surface area (Å²) in [7, 11) is 0. The number of hydrogen-bond acceptors (Lipinski definition) is 0. The van der Waals surface area contributed by atoms with E-state index in [1.54, 1.807) is 31.2 Å². The van der Waals surface area contributed by atoms with Crippen LogP contribution in [0.1, 0.15) is 137 Å². The van der Waals surface area contributed by atoms with Gasteiger partial charge in [0.1, 0.15) is 0 Å². The molecule has 0 saturated heterocycles. The fourth-order valence-corrected chi connectivity index (χ4v) is 7.36. The first-order valence-corrected chi connectivity index (χ1v) is 18.0. The van der Waals surface area contributed by atoms with Gasteiger partial charge >= 0.3 is 0 Å². The van der Waals surface area contributed by atoms with Gasteiger partial charge in [-0.15, -0.1) is 0 Å². The molecule has 3 fully saturated rings. The average molecular weight is 589 g/mol. The molecule has 0 N–H and O–H groups in total. The number of rotatable bonds is 2. The van der Waals surface area contributed by atoms with Crippen LogP contribution in [-0.4, -0.2) is 0 Å². The fourth-order valence-electron chi connectivity index (χ4n) is 7.36. The van der Waals surface area contributed by atoms with Gasteiger partial charge in [-0.05, 0) is 125 Å². The highest BCUT2D eigenvalue weighted by Gasteiger charge is 2.28. The maximum absolute atomic E-state index is 3.16. The Hall–Kier alpha value is -2.78. The molecule has 0 atom stereocenters. The first-order chi connectivity index (χ1) is 21.2. The van der Waals surface area contributed by atoms with Crippen LogP contribution in [0.25, 0.3) is 0 Å². The zero-order chi connectivity index (χ0) is 31.3. The van der Waals surface area contributed by atoms with Gasteiger partial charge in [-0.1, -0.05) is 136 Å². The molecule has 0 heterocycles. The quantitative estimate of drug-likeness (QED) is 0.261. The number of benzene rings is 3. The second kappa shape index (κ2) is 17.6. The monoisotopic (exact) mass is 588 g/mol. The van der Waals surface area contributed by atoms with Crippen LogP contribution < -0.4 is 0 Å². The summed E-state index contributed by atoms with van der Waals surface area (Å²) in [4.78, 5) is 0. The normalized spacial score (nSPS) is 26.5. The molecule has 3 aliphatic carbocycles. The standard InChI is InChI=1S/C16H14.C14H26.C14H20/c1-13-3-7-15(8-4-13)11-12-16-9-5-14(2)6-10-16;2*1-11-3-7-13(8-4-11)14-9-5-12(2)6-10-14/h3-10H,1-2H3;11-14H,3-10H2,1-2H3;3-4,7-8,12,14H,5-6,9-10H2,1-2H3. The Balaban J connectivity index is 0.000000151. The van der Waals surface area contributed by atoms with E-state index in [0.29, 0.717) is 0 Å². The molecule has 0 spiro atoms. The van der Waals surface area contributed by atoms with Gasteiger partial charge in [0.15, 0.2) is 0 Å². The summed E-state index contributed by atoms with van der Waals surface area (Å²) in [5, 5.41) is 0. The zero-order valence-electron chi connectivity index (χ0n) is 28.9. The Labute approximate surface area is 271 Å². The largest absolute Gasteiger partial charge is 0.0625 e. The van der Waals surface area contributed by atoms with Gasteiger partial charge in [0.25, 0.3) is 0 Å². The van der Waals surface area contributed by atoms with E-state index in [4.69, 9.17) is 0 Å². The predicted molar refractivity (Wildman–Crippen MR) is 192 cm³/mol. The first kappa shape index (κ1) is 34.1. The molecular formula is C44H60. The van der Waals surface area contributed by atoms with Gasteiger partial charge in [0, 0.05) is 11.1 Å². The van der Waals surface area contributed by atoms with Crippen molar-refractivity contribution in [2.75, 3.05) is 0 Å². The lowest BCUT2D eigenvalue weighted by Gasteiger charge is -2.36. The van der Waals surface area contributed by atoms with Crippen LogP contribution >= 0.6 is 0 Å². The SMILES string of the molecule is CC1CCC(C2CCC(C)CC2)CC1.Cc1ccc(C#Cc2ccc(C)cc2)cc1.Cc1ccc(C2CCC(C)CC2)cc1. The lowest BCUT2D eigenvalue weighted by Crippen LogP contribution is -2.24. The fraction of sp³-hybridized carbons (Fsp3) is 0.545. The lowest BCUT2D eigenvalue weighted by atomic mass is 9.70. The van der Waals surface area contributed by atoms with Crippen LogP contribution in [0, 0.1) is 62.2 Å². The Morgan fingerprint density at radius 2 is 0.682 bits per heavy atom. The molecule has 6 rings (SSSR count). The van der Waals surface area contributed by atoms with Crippen LogP contribution in [-0.2, 0) is 0 Å². The van der Waals surface area contributed by atoms with E-state index in [-0.39, 0.29) is 0 Å². The molecule has 0 heteroatoms. The highest BCUT2D eigenvalue weighted by molar-refractivity contribution is 5.43. The maximum Gasteiger partial charge on any atom is 0.0249 e. The topological polar surface area (TPSA) is 0 Å². The van der Waals surface area contributed by atoms with E-state index < -0.39 is 0 Å². The summed E-state index contributed by atoms with van der Waals surface area (Å²) in [5.41, 5.74) is 7.58. The van der Waals surface area contributed by atoms with Gasteiger partial charge in [-0.25, -0.2) is 0 Å². The molecule has 0 nitrogen and oxygen atoms in total. The van der Waals surface area contributed by atoms with Crippen molar-refractivity contribution in [1.29, 1.82) is 0 Å². The van der Waals surface area contributed by atoms with E-state index in [0.717, 1.165) is 46.6 Å². The van der Waals surface area contributed by atoms with Crippen LogP contribution in [0.3, 0.4) is 0 Å². The molecule has 236 valence electrons. The minimum Gasteiger partial charge on any atom is -0.0625 e. The molecule has 0 aromatic heterocycles. The molecule has 0 aliphatic heterocycles. The lowest BCUT2D eigenvalue weighted by molar-refractivity contribution is 0.155. The van der Waals surface area contributed by atoms with Gasteiger partial charge < -0.3 is 0 Å². The van der Waals surface area contributed by atoms with Crippen LogP contribution in [0.4, 0.5) is 0 Å². The minimum atomic E-state index is 0.840. The highest BCUT2D eigenvalue weighted by Crippen LogP contribution is 2.41. The molecule has 3 aliphatic rings. The van der Waals surface area contributed by atoms with Crippen molar-refractivity contribution >= 4 is 0 Å². The average Bonchev–Trinajstić information content (AvgIpc) is 3.04. The Kier molecular flexibility index (Phi) is 13.7. The zero-order valence-corrected chi connectivity index (χ0v) is 28.9. The van der Waals surface area contributed by atoms with E-state index in [1.807, 2.05) is 0 Å². The Morgan fingerprint density at radius 3 is 1.02 bits per heavy atom. The van der Waals surface area contributed by atoms with Crippen LogP contribution in [0.2, 0.25) is 0 Å². The summed E-state index contributed by atoms with van der Waals surface area (Å²) in [6.45, 7) is 13.6. The first-order valence-electron chi connectivity index (χ1n) is 18.0. The van der Waals surface area contributed by atoms with Gasteiger partial charge in [-0.2, -0.15) is 0 Å². The van der Waals surface area contributed by atoms with Crippen molar-refractivity contribution in [3.8, 4) is 11.8 Å². The second-order valence-corrected chi connectivity index (χ2v) is 14.9. The molecule has 3 aromatic rings. The molecule has 3 saturated carbocycles. The second-order valence-electron chi connectivity index (χ2n) is 14.9. The van der Waals surface area contributed by atoms with Crippen molar-refractivity contribution < 1.29 is 0 Å². The van der Waals surface area contributed by atoms with E-state index in [1.165, 1.54) is 68.1 Å². The molecule has 0 amide bonds. The Morgan fingerprint density at radius 1 is 0.386 bits per heavy atom. The molecule has 44 heavy (non-hydrogen) atoms. The van der Waals surface area contributed by atoms with E-state index in [9.17, 15) is 0 Å². The third-order valence-corrected chi connectivity index (χ3v) is 10.8. The molecule has 3 aromatic carbocycles. The summed E-state index contributed by atoms with van der Waals surface area (Å²) >= 11 is 0. The Bertz CT molecular complexity index is 1190. The molecule has 0 radical (unpaired) electrons. The molecule has 0 unspecified atom stereocenters. The van der Waals surface area contributed by atoms with E-state index >= 15 is 0 Å². The van der Waals surface area contributed by atoms with Crippen LogP contribution in [0.5, 0.6) is 0 Å². The third kappa shape index (κ3) is 11.6. The molecule has 0 bridgehead atoms. The predicted octanol–water partition coefficient (Wildman–Crippen LogP) is 12.6. The summed E-state index contributed by atoms with van der Waals surface area (Å²) in [6.07, 6.45) is 17.8. The summed E-state index contributed by atoms with van der Waals surface area (Å²) in [6, 6.07) is 25.7. The van der Waals surface area contributed by atoms with Crippen LogP contribution in [0.15, 0.2) is 72.8 Å².